The maximum atomic E-state index is 5.60. The highest BCUT2D eigenvalue weighted by atomic mass is 32.1. The molecule has 0 amide bonds. The summed E-state index contributed by atoms with van der Waals surface area (Å²) in [4.78, 5) is 2.49. The first kappa shape index (κ1) is 13.3. The maximum Gasteiger partial charge on any atom is 0.199 e. The van der Waals surface area contributed by atoms with Crippen molar-refractivity contribution in [3.05, 3.63) is 10.6 Å². The van der Waals surface area contributed by atoms with Crippen molar-refractivity contribution in [1.82, 2.24) is 19.2 Å². The number of hydrogen-bond acceptors (Lipinski definition) is 3. The lowest BCUT2D eigenvalue weighted by Crippen LogP contribution is -2.34. The van der Waals surface area contributed by atoms with E-state index in [0.29, 0.717) is 0 Å². The van der Waals surface area contributed by atoms with Crippen molar-refractivity contribution in [3.8, 4) is 0 Å². The molecule has 2 aliphatic heterocycles. The van der Waals surface area contributed by atoms with Crippen LogP contribution < -0.4 is 0 Å². The van der Waals surface area contributed by atoms with Crippen molar-refractivity contribution < 1.29 is 0 Å². The number of aromatic nitrogens is 3. The molecule has 0 N–H and O–H groups in total. The Balaban J connectivity index is 1.73. The largest absolute Gasteiger partial charge is 0.304 e. The fourth-order valence-electron chi connectivity index (χ4n) is 3.11. The van der Waals surface area contributed by atoms with Gasteiger partial charge in [0.1, 0.15) is 5.82 Å². The van der Waals surface area contributed by atoms with Gasteiger partial charge >= 0.3 is 0 Å². The third kappa shape index (κ3) is 2.92. The summed E-state index contributed by atoms with van der Waals surface area (Å²) in [5.74, 6) is 2.08. The molecule has 1 aromatic rings. The topological polar surface area (TPSA) is 26.0 Å². The van der Waals surface area contributed by atoms with Crippen molar-refractivity contribution in [2.45, 2.75) is 58.7 Å². The van der Waals surface area contributed by atoms with Crippen LogP contribution in [0.1, 0.15) is 44.9 Å². The van der Waals surface area contributed by atoms with Crippen LogP contribution in [0.5, 0.6) is 0 Å². The molecule has 5 heteroatoms. The van der Waals surface area contributed by atoms with Gasteiger partial charge in [-0.25, -0.2) is 4.68 Å². The van der Waals surface area contributed by atoms with E-state index in [1.165, 1.54) is 51.0 Å². The molecule has 3 rings (SSSR count). The number of likely N-dealkylation sites (tertiary alicyclic amines) is 1. The van der Waals surface area contributed by atoms with Gasteiger partial charge in [-0.3, -0.25) is 4.90 Å². The number of piperidine rings is 1. The van der Waals surface area contributed by atoms with E-state index in [4.69, 9.17) is 17.3 Å². The average molecular weight is 280 g/mol. The van der Waals surface area contributed by atoms with Gasteiger partial charge in [0, 0.05) is 26.1 Å². The van der Waals surface area contributed by atoms with Gasteiger partial charge in [-0.2, -0.15) is 5.10 Å². The standard InChI is InChI=1S/C14H24N4S/c1-12-6-9-16(10-7-12)11-18-14(19)17-8-4-2-3-5-13(17)15-18/h12H,2-11H2,1H3. The first-order valence-corrected chi connectivity index (χ1v) is 8.04. The number of aryl methyl sites for hydroxylation is 1. The summed E-state index contributed by atoms with van der Waals surface area (Å²) >= 11 is 5.60. The SMILES string of the molecule is CC1CCN(Cn2nc3n(c2=S)CCCCC3)CC1. The number of rotatable bonds is 2. The molecule has 19 heavy (non-hydrogen) atoms. The van der Waals surface area contributed by atoms with Gasteiger partial charge in [0.2, 0.25) is 0 Å². The molecule has 2 aliphatic rings. The Kier molecular flexibility index (Phi) is 4.03. The van der Waals surface area contributed by atoms with Crippen LogP contribution >= 0.6 is 12.2 Å². The third-order valence-corrected chi connectivity index (χ3v) is 4.92. The predicted molar refractivity (Wildman–Crippen MR) is 78.6 cm³/mol. The molecule has 0 atom stereocenters. The van der Waals surface area contributed by atoms with Crippen LogP contribution in [-0.2, 0) is 19.6 Å². The van der Waals surface area contributed by atoms with Crippen LogP contribution in [0.25, 0.3) is 0 Å². The fourth-order valence-corrected chi connectivity index (χ4v) is 3.41. The Morgan fingerprint density at radius 1 is 1.16 bits per heavy atom. The van der Waals surface area contributed by atoms with E-state index in [0.717, 1.165) is 30.3 Å². The molecule has 0 bridgehead atoms. The normalized spacial score (nSPS) is 22.2. The minimum Gasteiger partial charge on any atom is -0.304 e. The summed E-state index contributed by atoms with van der Waals surface area (Å²) in [5.41, 5.74) is 0. The number of fused-ring (bicyclic) bond motifs is 1. The molecule has 1 saturated heterocycles. The van der Waals surface area contributed by atoms with Gasteiger partial charge in [-0.05, 0) is 43.8 Å². The highest BCUT2D eigenvalue weighted by molar-refractivity contribution is 7.71. The number of hydrogen-bond donors (Lipinski definition) is 0. The van der Waals surface area contributed by atoms with E-state index >= 15 is 0 Å². The summed E-state index contributed by atoms with van der Waals surface area (Å²) < 4.78 is 5.23. The predicted octanol–water partition coefficient (Wildman–Crippen LogP) is 2.83. The van der Waals surface area contributed by atoms with Crippen molar-refractivity contribution in [2.24, 2.45) is 5.92 Å². The van der Waals surface area contributed by atoms with Crippen molar-refractivity contribution >= 4 is 12.2 Å². The van der Waals surface area contributed by atoms with E-state index in [1.54, 1.807) is 0 Å². The van der Waals surface area contributed by atoms with Crippen LogP contribution in [0.15, 0.2) is 0 Å². The van der Waals surface area contributed by atoms with E-state index in [9.17, 15) is 0 Å². The Bertz CT molecular complexity index is 482. The van der Waals surface area contributed by atoms with Gasteiger partial charge < -0.3 is 4.57 Å². The monoisotopic (exact) mass is 280 g/mol. The van der Waals surface area contributed by atoms with Crippen LogP contribution in [0.4, 0.5) is 0 Å². The van der Waals surface area contributed by atoms with Gasteiger partial charge in [0.15, 0.2) is 4.77 Å². The molecule has 0 aromatic carbocycles. The first-order valence-electron chi connectivity index (χ1n) is 7.63. The minimum atomic E-state index is 0.878. The molecule has 4 nitrogen and oxygen atoms in total. The zero-order valence-electron chi connectivity index (χ0n) is 11.8. The smallest absolute Gasteiger partial charge is 0.199 e. The van der Waals surface area contributed by atoms with Crippen molar-refractivity contribution in [1.29, 1.82) is 0 Å². The minimum absolute atomic E-state index is 0.878. The summed E-state index contributed by atoms with van der Waals surface area (Å²) in [6.45, 7) is 6.66. The summed E-state index contributed by atoms with van der Waals surface area (Å²) in [5, 5.41) is 4.76. The molecule has 3 heterocycles. The van der Waals surface area contributed by atoms with E-state index in [1.807, 2.05) is 4.68 Å². The Hall–Kier alpha value is -0.680. The van der Waals surface area contributed by atoms with Crippen LogP contribution in [0.2, 0.25) is 0 Å². The average Bonchev–Trinajstić information content (AvgIpc) is 2.60. The molecule has 0 radical (unpaired) electrons. The Morgan fingerprint density at radius 3 is 2.74 bits per heavy atom. The lowest BCUT2D eigenvalue weighted by atomic mass is 10.00. The van der Waals surface area contributed by atoms with Crippen LogP contribution in [0.3, 0.4) is 0 Å². The second-order valence-corrected chi connectivity index (χ2v) is 6.47. The lowest BCUT2D eigenvalue weighted by molar-refractivity contribution is 0.145. The summed E-state index contributed by atoms with van der Waals surface area (Å²) in [7, 11) is 0. The molecular formula is C14H24N4S. The van der Waals surface area contributed by atoms with Crippen molar-refractivity contribution in [3.63, 3.8) is 0 Å². The second kappa shape index (κ2) is 5.75. The summed E-state index contributed by atoms with van der Waals surface area (Å²) in [6.07, 6.45) is 7.51. The van der Waals surface area contributed by atoms with Gasteiger partial charge in [-0.15, -0.1) is 0 Å². The second-order valence-electron chi connectivity index (χ2n) is 6.10. The number of nitrogens with zero attached hydrogens (tertiary/aromatic N) is 4. The van der Waals surface area contributed by atoms with E-state index < -0.39 is 0 Å². The van der Waals surface area contributed by atoms with Crippen molar-refractivity contribution in [2.75, 3.05) is 13.1 Å². The van der Waals surface area contributed by atoms with Gasteiger partial charge in [-0.1, -0.05) is 13.3 Å². The Labute approximate surface area is 120 Å². The maximum absolute atomic E-state index is 5.60. The third-order valence-electron chi connectivity index (χ3n) is 4.49. The molecule has 0 unspecified atom stereocenters. The van der Waals surface area contributed by atoms with Crippen LogP contribution in [-0.4, -0.2) is 32.3 Å². The first-order chi connectivity index (χ1) is 9.24. The zero-order valence-corrected chi connectivity index (χ0v) is 12.7. The highest BCUT2D eigenvalue weighted by Gasteiger charge is 2.18. The fraction of sp³-hybridized carbons (Fsp3) is 0.857. The quantitative estimate of drug-likeness (QED) is 0.779. The molecule has 0 saturated carbocycles. The van der Waals surface area contributed by atoms with E-state index in [-0.39, 0.29) is 0 Å². The molecular weight excluding hydrogens is 256 g/mol. The Morgan fingerprint density at radius 2 is 1.95 bits per heavy atom. The van der Waals surface area contributed by atoms with Gasteiger partial charge in [0.05, 0.1) is 6.67 Å². The molecule has 0 aliphatic carbocycles. The molecule has 106 valence electrons. The van der Waals surface area contributed by atoms with E-state index in [2.05, 4.69) is 16.4 Å². The van der Waals surface area contributed by atoms with Crippen LogP contribution in [0, 0.1) is 10.7 Å². The lowest BCUT2D eigenvalue weighted by Gasteiger charge is -2.29. The molecule has 1 aromatic heterocycles. The van der Waals surface area contributed by atoms with Gasteiger partial charge in [0.25, 0.3) is 0 Å². The summed E-state index contributed by atoms with van der Waals surface area (Å²) in [6, 6.07) is 0. The highest BCUT2D eigenvalue weighted by Crippen LogP contribution is 2.18. The zero-order chi connectivity index (χ0) is 13.2. The molecule has 0 spiro atoms. The molecule has 1 fully saturated rings.